The number of rotatable bonds is 2. The van der Waals surface area contributed by atoms with Crippen LogP contribution in [0.3, 0.4) is 0 Å². The normalized spacial score (nSPS) is 26.5. The van der Waals surface area contributed by atoms with Crippen molar-refractivity contribution in [3.8, 4) is 0 Å². The standard InChI is InChI=1S/C17H25N3S/c1-12-5-3-7-14(17(18)21)16(12)20-10-8-15-13(11-20)6-4-9-19(15)2/h3,5,7,13,15H,4,6,8-11H2,1-2H3,(H2,18,21). The number of piperidine rings is 2. The summed E-state index contributed by atoms with van der Waals surface area (Å²) in [5.74, 6) is 0.774. The van der Waals surface area contributed by atoms with Gasteiger partial charge in [-0.2, -0.15) is 0 Å². The quantitative estimate of drug-likeness (QED) is 0.851. The van der Waals surface area contributed by atoms with Gasteiger partial charge >= 0.3 is 0 Å². The van der Waals surface area contributed by atoms with Gasteiger partial charge in [-0.25, -0.2) is 0 Å². The Bertz CT molecular complexity index is 543. The summed E-state index contributed by atoms with van der Waals surface area (Å²) in [7, 11) is 2.28. The summed E-state index contributed by atoms with van der Waals surface area (Å²) in [4.78, 5) is 5.58. The molecule has 0 radical (unpaired) electrons. The lowest BCUT2D eigenvalue weighted by molar-refractivity contribution is 0.102. The van der Waals surface area contributed by atoms with Crippen LogP contribution in [0.25, 0.3) is 0 Å². The van der Waals surface area contributed by atoms with Crippen LogP contribution in [-0.4, -0.2) is 42.6 Å². The van der Waals surface area contributed by atoms with Gasteiger partial charge in [0.1, 0.15) is 4.99 Å². The molecule has 114 valence electrons. The molecule has 2 fully saturated rings. The van der Waals surface area contributed by atoms with Gasteiger partial charge < -0.3 is 15.5 Å². The highest BCUT2D eigenvalue weighted by Gasteiger charge is 2.35. The first-order valence-electron chi connectivity index (χ1n) is 7.92. The molecule has 2 aliphatic heterocycles. The van der Waals surface area contributed by atoms with E-state index in [2.05, 4.69) is 42.0 Å². The smallest absolute Gasteiger partial charge is 0.106 e. The van der Waals surface area contributed by atoms with Gasteiger partial charge in [0.05, 0.1) is 0 Å². The molecule has 0 aliphatic carbocycles. The van der Waals surface area contributed by atoms with Crippen LogP contribution in [0.2, 0.25) is 0 Å². The number of nitrogens with two attached hydrogens (primary N) is 1. The summed E-state index contributed by atoms with van der Waals surface area (Å²) < 4.78 is 0. The maximum absolute atomic E-state index is 5.94. The Morgan fingerprint density at radius 1 is 1.29 bits per heavy atom. The molecular weight excluding hydrogens is 278 g/mol. The predicted octanol–water partition coefficient (Wildman–Crippen LogP) is 2.55. The topological polar surface area (TPSA) is 32.5 Å². The average molecular weight is 303 g/mol. The minimum atomic E-state index is 0.511. The number of likely N-dealkylation sites (tertiary alicyclic amines) is 1. The van der Waals surface area contributed by atoms with Crippen LogP contribution in [-0.2, 0) is 0 Å². The summed E-state index contributed by atoms with van der Waals surface area (Å²) in [6.45, 7) is 5.65. The molecule has 2 aliphatic rings. The Balaban J connectivity index is 1.87. The number of hydrogen-bond donors (Lipinski definition) is 1. The number of para-hydroxylation sites is 1. The second kappa shape index (κ2) is 5.93. The molecule has 3 rings (SSSR count). The fraction of sp³-hybridized carbons (Fsp3) is 0.588. The molecule has 0 aromatic heterocycles. The second-order valence-corrected chi connectivity index (χ2v) is 6.96. The molecule has 2 atom stereocenters. The van der Waals surface area contributed by atoms with Crippen LogP contribution < -0.4 is 10.6 Å². The van der Waals surface area contributed by atoms with E-state index in [0.29, 0.717) is 4.99 Å². The molecular formula is C17H25N3S. The molecule has 1 aromatic carbocycles. The van der Waals surface area contributed by atoms with Crippen LogP contribution in [0.4, 0.5) is 5.69 Å². The first kappa shape index (κ1) is 14.8. The third-order valence-electron chi connectivity index (χ3n) is 5.17. The number of benzene rings is 1. The Morgan fingerprint density at radius 2 is 2.10 bits per heavy atom. The highest BCUT2D eigenvalue weighted by Crippen LogP contribution is 2.34. The van der Waals surface area contributed by atoms with Crippen LogP contribution in [0.15, 0.2) is 18.2 Å². The van der Waals surface area contributed by atoms with Crippen molar-refractivity contribution < 1.29 is 0 Å². The second-order valence-electron chi connectivity index (χ2n) is 6.52. The van der Waals surface area contributed by atoms with E-state index in [1.54, 1.807) is 0 Å². The lowest BCUT2D eigenvalue weighted by Crippen LogP contribution is -2.53. The lowest BCUT2D eigenvalue weighted by Gasteiger charge is -2.47. The number of nitrogens with zero attached hydrogens (tertiary/aromatic N) is 2. The van der Waals surface area contributed by atoms with Crippen LogP contribution in [0.1, 0.15) is 30.4 Å². The maximum Gasteiger partial charge on any atom is 0.106 e. The minimum Gasteiger partial charge on any atom is -0.389 e. The Morgan fingerprint density at radius 3 is 2.86 bits per heavy atom. The van der Waals surface area contributed by atoms with Gasteiger partial charge in [-0.1, -0.05) is 24.4 Å². The monoisotopic (exact) mass is 303 g/mol. The van der Waals surface area contributed by atoms with Crippen molar-refractivity contribution in [2.75, 3.05) is 31.6 Å². The molecule has 2 N–H and O–H groups in total. The third kappa shape index (κ3) is 2.79. The van der Waals surface area contributed by atoms with E-state index >= 15 is 0 Å². The summed E-state index contributed by atoms with van der Waals surface area (Å²) in [5, 5.41) is 0. The SMILES string of the molecule is Cc1cccc(C(N)=S)c1N1CCC2C(CCCN2C)C1. The van der Waals surface area contributed by atoms with E-state index in [-0.39, 0.29) is 0 Å². The summed E-state index contributed by atoms with van der Waals surface area (Å²) in [6, 6.07) is 7.03. The maximum atomic E-state index is 5.94. The highest BCUT2D eigenvalue weighted by molar-refractivity contribution is 7.80. The van der Waals surface area contributed by atoms with Gasteiger partial charge in [0.25, 0.3) is 0 Å². The van der Waals surface area contributed by atoms with Crippen LogP contribution in [0, 0.1) is 12.8 Å². The van der Waals surface area contributed by atoms with Gasteiger partial charge in [0.2, 0.25) is 0 Å². The number of anilines is 1. The third-order valence-corrected chi connectivity index (χ3v) is 5.39. The predicted molar refractivity (Wildman–Crippen MR) is 93.0 cm³/mol. The molecule has 1 aromatic rings. The molecule has 0 bridgehead atoms. The van der Waals surface area contributed by atoms with Crippen molar-refractivity contribution in [1.29, 1.82) is 0 Å². The fourth-order valence-corrected chi connectivity index (χ4v) is 4.30. The highest BCUT2D eigenvalue weighted by atomic mass is 32.1. The minimum absolute atomic E-state index is 0.511. The van der Waals surface area contributed by atoms with Gasteiger partial charge in [-0.3, -0.25) is 0 Å². The molecule has 21 heavy (non-hydrogen) atoms. The van der Waals surface area contributed by atoms with Gasteiger partial charge in [0.15, 0.2) is 0 Å². The zero-order chi connectivity index (χ0) is 15.0. The fourth-order valence-electron chi connectivity index (χ4n) is 4.13. The van der Waals surface area contributed by atoms with Gasteiger partial charge in [0, 0.05) is 30.4 Å². The summed E-state index contributed by atoms with van der Waals surface area (Å²) in [6.07, 6.45) is 3.91. The number of hydrogen-bond acceptors (Lipinski definition) is 3. The molecule has 2 unspecified atom stereocenters. The Labute approximate surface area is 133 Å². The summed E-state index contributed by atoms with van der Waals surface area (Å²) in [5.41, 5.74) is 9.52. The zero-order valence-electron chi connectivity index (χ0n) is 13.0. The van der Waals surface area contributed by atoms with E-state index in [4.69, 9.17) is 18.0 Å². The molecule has 4 heteroatoms. The van der Waals surface area contributed by atoms with Gasteiger partial charge in [-0.05, 0) is 57.3 Å². The molecule has 0 saturated carbocycles. The van der Waals surface area contributed by atoms with Crippen LogP contribution in [0.5, 0.6) is 0 Å². The summed E-state index contributed by atoms with van der Waals surface area (Å²) >= 11 is 5.26. The number of aryl methyl sites for hydroxylation is 1. The van der Waals surface area contributed by atoms with E-state index in [1.807, 2.05) is 0 Å². The van der Waals surface area contributed by atoms with Crippen molar-refractivity contribution in [3.05, 3.63) is 29.3 Å². The first-order chi connectivity index (χ1) is 10.1. The van der Waals surface area contributed by atoms with Crippen molar-refractivity contribution in [2.24, 2.45) is 11.7 Å². The van der Waals surface area contributed by atoms with Gasteiger partial charge in [-0.15, -0.1) is 0 Å². The number of fused-ring (bicyclic) bond motifs is 1. The molecule has 0 spiro atoms. The van der Waals surface area contributed by atoms with E-state index in [9.17, 15) is 0 Å². The zero-order valence-corrected chi connectivity index (χ0v) is 13.8. The average Bonchev–Trinajstić information content (AvgIpc) is 2.46. The lowest BCUT2D eigenvalue weighted by atomic mass is 9.83. The largest absolute Gasteiger partial charge is 0.389 e. The first-order valence-corrected chi connectivity index (χ1v) is 8.33. The molecule has 2 saturated heterocycles. The van der Waals surface area contributed by atoms with E-state index in [1.165, 1.54) is 37.1 Å². The number of thiocarbonyl (C=S) groups is 1. The molecule has 2 heterocycles. The van der Waals surface area contributed by atoms with Crippen molar-refractivity contribution in [2.45, 2.75) is 32.2 Å². The van der Waals surface area contributed by atoms with Crippen molar-refractivity contribution >= 4 is 22.9 Å². The molecule has 0 amide bonds. The van der Waals surface area contributed by atoms with Crippen molar-refractivity contribution in [3.63, 3.8) is 0 Å². The van der Waals surface area contributed by atoms with E-state index in [0.717, 1.165) is 30.6 Å². The Kier molecular flexibility index (Phi) is 4.18. The Hall–Kier alpha value is -1.13. The molecule has 3 nitrogen and oxygen atoms in total. The van der Waals surface area contributed by atoms with Crippen LogP contribution >= 0.6 is 12.2 Å². The van der Waals surface area contributed by atoms with E-state index < -0.39 is 0 Å². The van der Waals surface area contributed by atoms with Crippen molar-refractivity contribution in [1.82, 2.24) is 4.90 Å².